The number of hydrogen-bond donors (Lipinski definition) is 2. The summed E-state index contributed by atoms with van der Waals surface area (Å²) in [5.41, 5.74) is 5.39. The highest BCUT2D eigenvalue weighted by molar-refractivity contribution is 5.57. The number of pyridine rings is 1. The molecule has 1 rings (SSSR count). The molecule has 0 aliphatic carbocycles. The average Bonchev–Trinajstić information content (AvgIpc) is 2.34. The van der Waals surface area contributed by atoms with E-state index < -0.39 is 4.92 Å². The molecule has 1 aromatic heterocycles. The zero-order valence-electron chi connectivity index (χ0n) is 11.6. The van der Waals surface area contributed by atoms with E-state index in [2.05, 4.69) is 24.1 Å². The number of aromatic nitrogens is 1. The van der Waals surface area contributed by atoms with E-state index in [4.69, 9.17) is 5.73 Å². The van der Waals surface area contributed by atoms with Crippen molar-refractivity contribution in [2.24, 2.45) is 0 Å². The molecule has 6 heteroatoms. The van der Waals surface area contributed by atoms with Crippen molar-refractivity contribution >= 4 is 17.3 Å². The molecule has 0 bridgehead atoms. The largest absolute Gasteiger partial charge is 0.378 e. The molecule has 0 aliphatic rings. The Hall–Kier alpha value is -1.85. The molecule has 1 atom stereocenters. The summed E-state index contributed by atoms with van der Waals surface area (Å²) in [7, 11) is 0. The molecule has 0 spiro atoms. The minimum atomic E-state index is -0.527. The Morgan fingerprint density at radius 1 is 1.42 bits per heavy atom. The number of nitrogen functional groups attached to an aromatic ring is 1. The molecular weight excluding hydrogens is 244 g/mol. The highest BCUT2D eigenvalue weighted by Crippen LogP contribution is 2.21. The second-order valence-corrected chi connectivity index (χ2v) is 4.75. The smallest absolute Gasteiger partial charge is 0.311 e. The van der Waals surface area contributed by atoms with Crippen molar-refractivity contribution in [3.63, 3.8) is 0 Å². The van der Waals surface area contributed by atoms with Crippen LogP contribution in [0.3, 0.4) is 0 Å². The fraction of sp³-hybridized carbons (Fsp3) is 0.615. The number of nitrogens with one attached hydrogen (secondary N) is 1. The van der Waals surface area contributed by atoms with Crippen LogP contribution in [0, 0.1) is 10.1 Å². The second kappa shape index (κ2) is 7.56. The van der Waals surface area contributed by atoms with Crippen LogP contribution in [0.15, 0.2) is 12.1 Å². The molecular formula is C13H22N4O2. The van der Waals surface area contributed by atoms with Gasteiger partial charge in [0.1, 0.15) is 5.82 Å². The molecule has 1 unspecified atom stereocenters. The molecule has 3 N–H and O–H groups in total. The molecule has 0 saturated carbocycles. The van der Waals surface area contributed by atoms with Gasteiger partial charge >= 0.3 is 5.69 Å². The van der Waals surface area contributed by atoms with Gasteiger partial charge in [0, 0.05) is 12.1 Å². The first-order valence-corrected chi connectivity index (χ1v) is 6.72. The van der Waals surface area contributed by atoms with Gasteiger partial charge in [0.05, 0.1) is 4.92 Å². The van der Waals surface area contributed by atoms with Gasteiger partial charge in [-0.3, -0.25) is 10.1 Å². The number of nitrogens with zero attached hydrogens (tertiary/aromatic N) is 2. The van der Waals surface area contributed by atoms with Gasteiger partial charge in [-0.05, 0) is 19.4 Å². The first-order valence-electron chi connectivity index (χ1n) is 6.72. The Bertz CT molecular complexity index is 423. The molecule has 0 radical (unpaired) electrons. The fourth-order valence-electron chi connectivity index (χ4n) is 1.90. The van der Waals surface area contributed by atoms with E-state index in [-0.39, 0.29) is 17.5 Å². The first-order chi connectivity index (χ1) is 9.04. The van der Waals surface area contributed by atoms with Crippen LogP contribution in [0.25, 0.3) is 0 Å². The Labute approximate surface area is 113 Å². The number of anilines is 2. The van der Waals surface area contributed by atoms with Crippen LogP contribution < -0.4 is 11.1 Å². The standard InChI is InChI=1S/C13H22N4O2/c1-3-4-5-6-7-10(2)15-12-9-8-11(17(18)19)13(14)16-12/h8-10H,3-7H2,1-2H3,(H3,14,15,16). The normalized spacial score (nSPS) is 12.1. The number of hydrogen-bond acceptors (Lipinski definition) is 5. The maximum atomic E-state index is 10.6. The molecule has 19 heavy (non-hydrogen) atoms. The summed E-state index contributed by atoms with van der Waals surface area (Å²) in [6.45, 7) is 4.26. The molecule has 0 aliphatic heterocycles. The third kappa shape index (κ3) is 5.11. The second-order valence-electron chi connectivity index (χ2n) is 4.75. The summed E-state index contributed by atoms with van der Waals surface area (Å²) in [5, 5.41) is 13.8. The van der Waals surface area contributed by atoms with Crippen LogP contribution in [0.1, 0.15) is 46.0 Å². The van der Waals surface area contributed by atoms with Crippen molar-refractivity contribution in [1.82, 2.24) is 4.98 Å². The summed E-state index contributed by atoms with van der Waals surface area (Å²) in [5.74, 6) is 0.541. The molecule has 0 amide bonds. The van der Waals surface area contributed by atoms with E-state index in [0.29, 0.717) is 5.82 Å². The highest BCUT2D eigenvalue weighted by Gasteiger charge is 2.13. The molecule has 1 aromatic rings. The Balaban J connectivity index is 2.48. The maximum absolute atomic E-state index is 10.6. The van der Waals surface area contributed by atoms with Crippen LogP contribution in [-0.4, -0.2) is 15.9 Å². The van der Waals surface area contributed by atoms with Gasteiger partial charge in [-0.15, -0.1) is 0 Å². The van der Waals surface area contributed by atoms with E-state index in [0.717, 1.165) is 6.42 Å². The van der Waals surface area contributed by atoms with Gasteiger partial charge in [-0.25, -0.2) is 4.98 Å². The molecule has 0 aromatic carbocycles. The predicted octanol–water partition coefficient (Wildman–Crippen LogP) is 3.34. The summed E-state index contributed by atoms with van der Waals surface area (Å²) in [6, 6.07) is 3.26. The third-order valence-corrected chi connectivity index (χ3v) is 2.98. The molecule has 0 saturated heterocycles. The fourth-order valence-corrected chi connectivity index (χ4v) is 1.90. The number of nitro groups is 1. The topological polar surface area (TPSA) is 94.1 Å². The molecule has 1 heterocycles. The Kier molecular flexibility index (Phi) is 6.05. The van der Waals surface area contributed by atoms with Gasteiger partial charge in [0.15, 0.2) is 0 Å². The van der Waals surface area contributed by atoms with Crippen molar-refractivity contribution in [1.29, 1.82) is 0 Å². The molecule has 6 nitrogen and oxygen atoms in total. The van der Waals surface area contributed by atoms with Crippen LogP contribution in [0.2, 0.25) is 0 Å². The first kappa shape index (κ1) is 15.2. The lowest BCUT2D eigenvalue weighted by atomic mass is 10.1. The van der Waals surface area contributed by atoms with Crippen LogP contribution in [-0.2, 0) is 0 Å². The van der Waals surface area contributed by atoms with Crippen molar-refractivity contribution in [2.45, 2.75) is 52.0 Å². The van der Waals surface area contributed by atoms with Gasteiger partial charge in [-0.1, -0.05) is 32.6 Å². The lowest BCUT2D eigenvalue weighted by Gasteiger charge is -2.14. The van der Waals surface area contributed by atoms with Crippen LogP contribution in [0.4, 0.5) is 17.3 Å². The minimum absolute atomic E-state index is 0.0480. The lowest BCUT2D eigenvalue weighted by Crippen LogP contribution is -2.16. The zero-order chi connectivity index (χ0) is 14.3. The molecule has 0 fully saturated rings. The van der Waals surface area contributed by atoms with E-state index in [9.17, 15) is 10.1 Å². The van der Waals surface area contributed by atoms with Crippen LogP contribution >= 0.6 is 0 Å². The Morgan fingerprint density at radius 2 is 2.16 bits per heavy atom. The van der Waals surface area contributed by atoms with Crippen LogP contribution in [0.5, 0.6) is 0 Å². The van der Waals surface area contributed by atoms with Gasteiger partial charge in [0.2, 0.25) is 5.82 Å². The van der Waals surface area contributed by atoms with Crippen molar-refractivity contribution in [3.05, 3.63) is 22.2 Å². The van der Waals surface area contributed by atoms with Crippen molar-refractivity contribution in [3.8, 4) is 0 Å². The highest BCUT2D eigenvalue weighted by atomic mass is 16.6. The maximum Gasteiger partial charge on any atom is 0.311 e. The summed E-state index contributed by atoms with van der Waals surface area (Å²) >= 11 is 0. The van der Waals surface area contributed by atoms with E-state index in [1.54, 1.807) is 6.07 Å². The lowest BCUT2D eigenvalue weighted by molar-refractivity contribution is -0.384. The number of unbranched alkanes of at least 4 members (excludes halogenated alkanes) is 3. The van der Waals surface area contributed by atoms with E-state index >= 15 is 0 Å². The number of rotatable bonds is 8. The van der Waals surface area contributed by atoms with Gasteiger partial charge < -0.3 is 11.1 Å². The van der Waals surface area contributed by atoms with E-state index in [1.165, 1.54) is 31.7 Å². The number of nitrogens with two attached hydrogens (primary N) is 1. The van der Waals surface area contributed by atoms with Gasteiger partial charge in [-0.2, -0.15) is 0 Å². The van der Waals surface area contributed by atoms with Gasteiger partial charge in [0.25, 0.3) is 0 Å². The van der Waals surface area contributed by atoms with E-state index in [1.807, 2.05) is 0 Å². The predicted molar refractivity (Wildman–Crippen MR) is 77.1 cm³/mol. The summed E-state index contributed by atoms with van der Waals surface area (Å²) in [4.78, 5) is 14.1. The SMILES string of the molecule is CCCCCCC(C)Nc1ccc([N+](=O)[O-])c(N)n1. The van der Waals surface area contributed by atoms with Crippen molar-refractivity contribution < 1.29 is 4.92 Å². The molecule has 106 valence electrons. The van der Waals surface area contributed by atoms with Crippen molar-refractivity contribution in [2.75, 3.05) is 11.1 Å². The Morgan fingerprint density at radius 3 is 2.74 bits per heavy atom. The quantitative estimate of drug-likeness (QED) is 0.427. The summed E-state index contributed by atoms with van der Waals surface area (Å²) < 4.78 is 0. The minimum Gasteiger partial charge on any atom is -0.378 e. The average molecular weight is 266 g/mol. The summed E-state index contributed by atoms with van der Waals surface area (Å²) in [6.07, 6.45) is 5.94. The monoisotopic (exact) mass is 266 g/mol. The third-order valence-electron chi connectivity index (χ3n) is 2.98. The zero-order valence-corrected chi connectivity index (χ0v) is 11.6.